The minimum Gasteiger partial charge on any atom is -0.303 e. The molecule has 0 spiro atoms. The lowest BCUT2D eigenvalue weighted by Crippen LogP contribution is -2.30. The van der Waals surface area contributed by atoms with Crippen molar-refractivity contribution in [3.8, 4) is 0 Å². The van der Waals surface area contributed by atoms with Gasteiger partial charge in [-0.05, 0) is 29.8 Å². The number of alkyl halides is 3. The minimum absolute atomic E-state index is 0.0916. The molecule has 8 heteroatoms. The number of amides is 3. The maximum atomic E-state index is 13.7. The van der Waals surface area contributed by atoms with E-state index < -0.39 is 29.5 Å². The van der Waals surface area contributed by atoms with Crippen molar-refractivity contribution in [3.05, 3.63) is 76.7 Å². The molecule has 1 aliphatic rings. The van der Waals surface area contributed by atoms with Crippen LogP contribution in [0.3, 0.4) is 0 Å². The molecule has 0 aliphatic carbocycles. The summed E-state index contributed by atoms with van der Waals surface area (Å²) in [5.41, 5.74) is -0.421. The first-order valence-corrected chi connectivity index (χ1v) is 7.51. The molecule has 1 heterocycles. The smallest absolute Gasteiger partial charge is 0.303 e. The first-order chi connectivity index (χ1) is 12.3. The molecule has 0 atom stereocenters. The molecule has 0 saturated carbocycles. The van der Waals surface area contributed by atoms with E-state index in [0.29, 0.717) is 5.56 Å². The van der Waals surface area contributed by atoms with Crippen molar-refractivity contribution in [2.75, 3.05) is 0 Å². The molecule has 1 aliphatic heterocycles. The summed E-state index contributed by atoms with van der Waals surface area (Å²) >= 11 is 0. The van der Waals surface area contributed by atoms with Gasteiger partial charge >= 0.3 is 12.2 Å². The lowest BCUT2D eigenvalue weighted by atomic mass is 10.1. The average Bonchev–Trinajstić information content (AvgIpc) is 2.84. The highest BCUT2D eigenvalue weighted by atomic mass is 19.4. The van der Waals surface area contributed by atoms with Gasteiger partial charge in [0.05, 0.1) is 12.1 Å². The number of carbonyl (C=O) groups is 2. The highest BCUT2D eigenvalue weighted by Gasteiger charge is 2.34. The van der Waals surface area contributed by atoms with Crippen molar-refractivity contribution in [1.29, 1.82) is 0 Å². The number of nitrogens with one attached hydrogen (secondary N) is 1. The predicted molar refractivity (Wildman–Crippen MR) is 84.9 cm³/mol. The van der Waals surface area contributed by atoms with Crippen LogP contribution in [0, 0.1) is 5.82 Å². The van der Waals surface area contributed by atoms with Crippen LogP contribution in [0.1, 0.15) is 16.7 Å². The fourth-order valence-electron chi connectivity index (χ4n) is 2.45. The number of hydrogen-bond donors (Lipinski definition) is 1. The third kappa shape index (κ3) is 3.58. The van der Waals surface area contributed by atoms with E-state index in [1.807, 2.05) is 0 Å². The summed E-state index contributed by atoms with van der Waals surface area (Å²) in [6.45, 7) is -0.248. The van der Waals surface area contributed by atoms with Crippen LogP contribution in [-0.4, -0.2) is 16.8 Å². The Balaban J connectivity index is 1.80. The molecule has 134 valence electrons. The molecule has 0 bridgehead atoms. The van der Waals surface area contributed by atoms with Crippen LogP contribution in [-0.2, 0) is 17.5 Å². The zero-order valence-electron chi connectivity index (χ0n) is 13.2. The van der Waals surface area contributed by atoms with Crippen LogP contribution in [0.25, 0.3) is 6.08 Å². The summed E-state index contributed by atoms with van der Waals surface area (Å²) < 4.78 is 51.4. The number of imide groups is 1. The predicted octanol–water partition coefficient (Wildman–Crippen LogP) is 3.94. The molecule has 2 aromatic rings. The van der Waals surface area contributed by atoms with Gasteiger partial charge in [0, 0.05) is 5.56 Å². The molecule has 3 amide bonds. The van der Waals surface area contributed by atoms with Gasteiger partial charge in [0.2, 0.25) is 0 Å². The van der Waals surface area contributed by atoms with Crippen molar-refractivity contribution in [2.45, 2.75) is 12.7 Å². The summed E-state index contributed by atoms with van der Waals surface area (Å²) in [5, 5.41) is 2.34. The summed E-state index contributed by atoms with van der Waals surface area (Å²) in [5.74, 6) is -1.23. The van der Waals surface area contributed by atoms with Gasteiger partial charge in [0.1, 0.15) is 11.5 Å². The van der Waals surface area contributed by atoms with Gasteiger partial charge in [-0.2, -0.15) is 13.2 Å². The van der Waals surface area contributed by atoms with Crippen LogP contribution >= 0.6 is 0 Å². The molecule has 4 nitrogen and oxygen atoms in total. The summed E-state index contributed by atoms with van der Waals surface area (Å²) in [4.78, 5) is 25.1. The zero-order chi connectivity index (χ0) is 18.9. The largest absolute Gasteiger partial charge is 0.416 e. The summed E-state index contributed by atoms with van der Waals surface area (Å²) in [6, 6.07) is 9.15. The van der Waals surface area contributed by atoms with Gasteiger partial charge in [-0.1, -0.05) is 30.3 Å². The highest BCUT2D eigenvalue weighted by Crippen LogP contribution is 2.29. The van der Waals surface area contributed by atoms with E-state index in [-0.39, 0.29) is 17.8 Å². The fourth-order valence-corrected chi connectivity index (χ4v) is 2.45. The number of nitrogens with zero attached hydrogens (tertiary/aromatic N) is 1. The molecule has 1 fully saturated rings. The maximum Gasteiger partial charge on any atom is 0.416 e. The van der Waals surface area contributed by atoms with E-state index in [0.717, 1.165) is 17.0 Å². The van der Waals surface area contributed by atoms with Crippen LogP contribution in [0.5, 0.6) is 0 Å². The van der Waals surface area contributed by atoms with Gasteiger partial charge in [0.15, 0.2) is 0 Å². The average molecular weight is 364 g/mol. The molecular weight excluding hydrogens is 352 g/mol. The molecule has 26 heavy (non-hydrogen) atoms. The van der Waals surface area contributed by atoms with Gasteiger partial charge in [0.25, 0.3) is 5.91 Å². The molecule has 0 aromatic heterocycles. The van der Waals surface area contributed by atoms with Crippen molar-refractivity contribution in [3.63, 3.8) is 0 Å². The van der Waals surface area contributed by atoms with E-state index in [2.05, 4.69) is 5.32 Å². The van der Waals surface area contributed by atoms with Crippen LogP contribution in [0.2, 0.25) is 0 Å². The SMILES string of the molecule is O=C1NC(=Cc2ccc(C(F)(F)F)cc2)C(=O)N1Cc1ccccc1F. The Bertz CT molecular complexity index is 889. The number of hydrogen-bond acceptors (Lipinski definition) is 2. The molecule has 0 unspecified atom stereocenters. The number of benzene rings is 2. The molecular formula is C18H12F4N2O2. The van der Waals surface area contributed by atoms with Crippen molar-refractivity contribution >= 4 is 18.0 Å². The van der Waals surface area contributed by atoms with Crippen LogP contribution in [0.15, 0.2) is 54.2 Å². The monoisotopic (exact) mass is 364 g/mol. The van der Waals surface area contributed by atoms with E-state index in [4.69, 9.17) is 0 Å². The molecule has 1 saturated heterocycles. The van der Waals surface area contributed by atoms with Crippen LogP contribution < -0.4 is 5.32 Å². The molecule has 2 aromatic carbocycles. The minimum atomic E-state index is -4.46. The van der Waals surface area contributed by atoms with E-state index >= 15 is 0 Å². The third-order valence-electron chi connectivity index (χ3n) is 3.80. The molecule has 1 N–H and O–H groups in total. The van der Waals surface area contributed by atoms with Gasteiger partial charge in [-0.25, -0.2) is 9.18 Å². The number of carbonyl (C=O) groups excluding carboxylic acids is 2. The Hall–Kier alpha value is -3.16. The van der Waals surface area contributed by atoms with Gasteiger partial charge in [-0.3, -0.25) is 9.69 Å². The van der Waals surface area contributed by atoms with Crippen molar-refractivity contribution < 1.29 is 27.2 Å². The first-order valence-electron chi connectivity index (χ1n) is 7.51. The second-order valence-corrected chi connectivity index (χ2v) is 5.59. The second-order valence-electron chi connectivity index (χ2n) is 5.59. The number of rotatable bonds is 3. The topological polar surface area (TPSA) is 49.4 Å². The van der Waals surface area contributed by atoms with Gasteiger partial charge < -0.3 is 5.32 Å². The van der Waals surface area contributed by atoms with Crippen LogP contribution in [0.4, 0.5) is 22.4 Å². The lowest BCUT2D eigenvalue weighted by molar-refractivity contribution is -0.137. The number of urea groups is 1. The Morgan fingerprint density at radius 2 is 1.65 bits per heavy atom. The Kier molecular flexibility index (Phi) is 4.50. The highest BCUT2D eigenvalue weighted by molar-refractivity contribution is 6.13. The van der Waals surface area contributed by atoms with E-state index in [1.165, 1.54) is 36.4 Å². The van der Waals surface area contributed by atoms with Gasteiger partial charge in [-0.15, -0.1) is 0 Å². The summed E-state index contributed by atoms with van der Waals surface area (Å²) in [6.07, 6.45) is -3.19. The molecule has 3 rings (SSSR count). The Labute approximate surface area is 145 Å². The summed E-state index contributed by atoms with van der Waals surface area (Å²) in [7, 11) is 0. The van der Waals surface area contributed by atoms with Crippen molar-refractivity contribution in [2.24, 2.45) is 0 Å². The fraction of sp³-hybridized carbons (Fsp3) is 0.111. The standard InChI is InChI=1S/C18H12F4N2O2/c19-14-4-2-1-3-12(14)10-24-16(25)15(23-17(24)26)9-11-5-7-13(8-6-11)18(20,21)22/h1-9H,10H2,(H,23,26). The lowest BCUT2D eigenvalue weighted by Gasteiger charge is -2.12. The second kappa shape index (κ2) is 6.62. The first kappa shape index (κ1) is 17.7. The zero-order valence-corrected chi connectivity index (χ0v) is 13.2. The van der Waals surface area contributed by atoms with E-state index in [9.17, 15) is 27.2 Å². The Morgan fingerprint density at radius 1 is 1.00 bits per heavy atom. The number of halogens is 4. The quantitative estimate of drug-likeness (QED) is 0.510. The normalized spacial score (nSPS) is 16.3. The Morgan fingerprint density at radius 3 is 2.27 bits per heavy atom. The third-order valence-corrected chi connectivity index (χ3v) is 3.80. The van der Waals surface area contributed by atoms with E-state index in [1.54, 1.807) is 6.07 Å². The van der Waals surface area contributed by atoms with Crippen molar-refractivity contribution in [1.82, 2.24) is 10.2 Å². The molecule has 0 radical (unpaired) electrons. The maximum absolute atomic E-state index is 13.7.